The first kappa shape index (κ1) is 16.0. The van der Waals surface area contributed by atoms with Crippen LogP contribution in [0.3, 0.4) is 0 Å². The van der Waals surface area contributed by atoms with Gasteiger partial charge in [0.2, 0.25) is 11.7 Å². The number of nitrogens with one attached hydrogen (secondary N) is 1. The molecule has 0 aliphatic heterocycles. The smallest absolute Gasteiger partial charge is 0.229 e. The van der Waals surface area contributed by atoms with Crippen LogP contribution in [0.5, 0.6) is 5.75 Å². The van der Waals surface area contributed by atoms with Crippen molar-refractivity contribution in [2.75, 3.05) is 7.05 Å². The van der Waals surface area contributed by atoms with Crippen LogP contribution in [0.2, 0.25) is 0 Å². The van der Waals surface area contributed by atoms with E-state index >= 15 is 0 Å². The van der Waals surface area contributed by atoms with Gasteiger partial charge < -0.3 is 14.6 Å². The molecule has 21 heavy (non-hydrogen) atoms. The number of benzene rings is 1. The lowest BCUT2D eigenvalue weighted by molar-refractivity contribution is 0.279. The zero-order chi connectivity index (χ0) is 15.4. The third-order valence-electron chi connectivity index (χ3n) is 3.21. The van der Waals surface area contributed by atoms with Crippen LogP contribution in [0.15, 0.2) is 27.2 Å². The van der Waals surface area contributed by atoms with Gasteiger partial charge >= 0.3 is 0 Å². The van der Waals surface area contributed by atoms with Gasteiger partial charge in [0.25, 0.3) is 0 Å². The third kappa shape index (κ3) is 4.04. The van der Waals surface area contributed by atoms with Gasteiger partial charge in [0.15, 0.2) is 6.61 Å². The zero-order valence-electron chi connectivity index (χ0n) is 12.7. The standard InChI is InChI=1S/C15H20BrN3O2/c1-9(2)15-18-14(19-21-15)8-20-13-7-11(16)5-6-12(13)10(3)17-4/h5-7,9-10,17H,8H2,1-4H3. The van der Waals surface area contributed by atoms with Crippen molar-refractivity contribution >= 4 is 15.9 Å². The number of halogens is 1. The molecule has 5 nitrogen and oxygen atoms in total. The summed E-state index contributed by atoms with van der Waals surface area (Å²) in [5.74, 6) is 2.22. The molecule has 0 aliphatic rings. The Morgan fingerprint density at radius 2 is 2.10 bits per heavy atom. The maximum atomic E-state index is 5.87. The van der Waals surface area contributed by atoms with Gasteiger partial charge in [0.05, 0.1) is 0 Å². The molecule has 1 aromatic heterocycles. The summed E-state index contributed by atoms with van der Waals surface area (Å²) in [4.78, 5) is 4.31. The van der Waals surface area contributed by atoms with Crippen LogP contribution in [-0.4, -0.2) is 17.2 Å². The van der Waals surface area contributed by atoms with Crippen molar-refractivity contribution in [1.29, 1.82) is 0 Å². The quantitative estimate of drug-likeness (QED) is 0.855. The fourth-order valence-corrected chi connectivity index (χ4v) is 2.19. The topological polar surface area (TPSA) is 60.2 Å². The van der Waals surface area contributed by atoms with Crippen molar-refractivity contribution in [2.45, 2.75) is 39.3 Å². The Morgan fingerprint density at radius 3 is 2.71 bits per heavy atom. The van der Waals surface area contributed by atoms with E-state index in [0.717, 1.165) is 15.8 Å². The molecule has 6 heteroatoms. The highest BCUT2D eigenvalue weighted by molar-refractivity contribution is 9.10. The maximum Gasteiger partial charge on any atom is 0.229 e. The van der Waals surface area contributed by atoms with E-state index in [-0.39, 0.29) is 18.6 Å². The van der Waals surface area contributed by atoms with Crippen LogP contribution < -0.4 is 10.1 Å². The van der Waals surface area contributed by atoms with Crippen LogP contribution in [0, 0.1) is 0 Å². The highest BCUT2D eigenvalue weighted by Crippen LogP contribution is 2.29. The lowest BCUT2D eigenvalue weighted by Gasteiger charge is -2.16. The van der Waals surface area contributed by atoms with E-state index in [1.54, 1.807) is 0 Å². The molecule has 0 saturated carbocycles. The van der Waals surface area contributed by atoms with E-state index in [4.69, 9.17) is 9.26 Å². The molecular formula is C15H20BrN3O2. The van der Waals surface area contributed by atoms with Gasteiger partial charge in [0.1, 0.15) is 5.75 Å². The SMILES string of the molecule is CNC(C)c1ccc(Br)cc1OCc1noc(C(C)C)n1. The molecule has 1 aromatic carbocycles. The van der Waals surface area contributed by atoms with Crippen LogP contribution in [0.4, 0.5) is 0 Å². The number of hydrogen-bond donors (Lipinski definition) is 1. The molecule has 0 aliphatic carbocycles. The molecule has 0 amide bonds. The lowest BCUT2D eigenvalue weighted by Crippen LogP contribution is -2.14. The van der Waals surface area contributed by atoms with E-state index in [2.05, 4.69) is 38.3 Å². The molecule has 0 saturated heterocycles. The van der Waals surface area contributed by atoms with Crippen molar-refractivity contribution in [1.82, 2.24) is 15.5 Å². The molecule has 1 atom stereocenters. The summed E-state index contributed by atoms with van der Waals surface area (Å²) in [5.41, 5.74) is 1.09. The lowest BCUT2D eigenvalue weighted by atomic mass is 10.1. The summed E-state index contributed by atoms with van der Waals surface area (Å²) in [6, 6.07) is 6.19. The van der Waals surface area contributed by atoms with E-state index in [0.29, 0.717) is 11.7 Å². The van der Waals surface area contributed by atoms with Crippen LogP contribution in [0.25, 0.3) is 0 Å². The summed E-state index contributed by atoms with van der Waals surface area (Å²) in [6.07, 6.45) is 0. The summed E-state index contributed by atoms with van der Waals surface area (Å²) >= 11 is 3.47. The Morgan fingerprint density at radius 1 is 1.33 bits per heavy atom. The normalized spacial score (nSPS) is 12.7. The van der Waals surface area contributed by atoms with Crippen molar-refractivity contribution in [3.05, 3.63) is 40.0 Å². The number of aromatic nitrogens is 2. The molecule has 1 unspecified atom stereocenters. The monoisotopic (exact) mass is 353 g/mol. The molecular weight excluding hydrogens is 334 g/mol. The van der Waals surface area contributed by atoms with Gasteiger partial charge in [-0.1, -0.05) is 41.0 Å². The Labute approximate surface area is 133 Å². The van der Waals surface area contributed by atoms with Crippen LogP contribution in [0.1, 0.15) is 50.0 Å². The van der Waals surface area contributed by atoms with E-state index < -0.39 is 0 Å². The van der Waals surface area contributed by atoms with Crippen molar-refractivity contribution in [2.24, 2.45) is 0 Å². The van der Waals surface area contributed by atoms with Gasteiger partial charge in [-0.15, -0.1) is 0 Å². The molecule has 114 valence electrons. The molecule has 2 aromatic rings. The van der Waals surface area contributed by atoms with E-state index in [1.807, 2.05) is 39.1 Å². The summed E-state index contributed by atoms with van der Waals surface area (Å²) in [7, 11) is 1.92. The molecule has 0 bridgehead atoms. The minimum Gasteiger partial charge on any atom is -0.485 e. The minimum absolute atomic E-state index is 0.199. The fraction of sp³-hybridized carbons (Fsp3) is 0.467. The average Bonchev–Trinajstić information content (AvgIpc) is 2.93. The predicted octanol–water partition coefficient (Wildman–Crippen LogP) is 3.81. The first-order chi connectivity index (χ1) is 10.0. The second kappa shape index (κ2) is 7.04. The van der Waals surface area contributed by atoms with Crippen molar-refractivity contribution < 1.29 is 9.26 Å². The maximum absolute atomic E-state index is 5.87. The second-order valence-electron chi connectivity index (χ2n) is 5.18. The Hall–Kier alpha value is -1.40. The zero-order valence-corrected chi connectivity index (χ0v) is 14.3. The molecule has 2 rings (SSSR count). The number of hydrogen-bond acceptors (Lipinski definition) is 5. The summed E-state index contributed by atoms with van der Waals surface area (Å²) in [5, 5.41) is 7.14. The Balaban J connectivity index is 2.13. The largest absolute Gasteiger partial charge is 0.485 e. The molecule has 0 spiro atoms. The predicted molar refractivity (Wildman–Crippen MR) is 84.3 cm³/mol. The Bertz CT molecular complexity index is 598. The number of rotatable bonds is 6. The van der Waals surface area contributed by atoms with Gasteiger partial charge in [-0.05, 0) is 26.1 Å². The van der Waals surface area contributed by atoms with E-state index in [9.17, 15) is 0 Å². The summed E-state index contributed by atoms with van der Waals surface area (Å²) in [6.45, 7) is 6.40. The Kier molecular flexibility index (Phi) is 5.36. The van der Waals surface area contributed by atoms with Gasteiger partial charge in [-0.25, -0.2) is 0 Å². The van der Waals surface area contributed by atoms with E-state index in [1.165, 1.54) is 0 Å². The molecule has 0 fully saturated rings. The van der Waals surface area contributed by atoms with Crippen molar-refractivity contribution in [3.63, 3.8) is 0 Å². The third-order valence-corrected chi connectivity index (χ3v) is 3.70. The molecule has 1 N–H and O–H groups in total. The summed E-state index contributed by atoms with van der Waals surface area (Å²) < 4.78 is 12.0. The first-order valence-corrected chi connectivity index (χ1v) is 7.72. The highest BCUT2D eigenvalue weighted by atomic mass is 79.9. The average molecular weight is 354 g/mol. The first-order valence-electron chi connectivity index (χ1n) is 6.93. The van der Waals surface area contributed by atoms with Crippen LogP contribution in [-0.2, 0) is 6.61 Å². The molecule has 0 radical (unpaired) electrons. The number of nitrogens with zero attached hydrogens (tertiary/aromatic N) is 2. The van der Waals surface area contributed by atoms with Gasteiger partial charge in [-0.3, -0.25) is 0 Å². The second-order valence-corrected chi connectivity index (χ2v) is 6.10. The minimum atomic E-state index is 0.199. The van der Waals surface area contributed by atoms with Crippen molar-refractivity contribution in [3.8, 4) is 5.75 Å². The van der Waals surface area contributed by atoms with Crippen LogP contribution >= 0.6 is 15.9 Å². The fourth-order valence-electron chi connectivity index (χ4n) is 1.85. The number of ether oxygens (including phenoxy) is 1. The van der Waals surface area contributed by atoms with Gasteiger partial charge in [-0.2, -0.15) is 4.98 Å². The molecule has 1 heterocycles. The van der Waals surface area contributed by atoms with Gasteiger partial charge in [0, 0.05) is 22.0 Å². The highest BCUT2D eigenvalue weighted by Gasteiger charge is 2.13.